The van der Waals surface area contributed by atoms with Gasteiger partial charge in [0.05, 0.1) is 6.04 Å². The van der Waals surface area contributed by atoms with E-state index in [9.17, 15) is 13.6 Å². The molecule has 1 aliphatic rings. The lowest BCUT2D eigenvalue weighted by molar-refractivity contribution is -0.122. The normalized spacial score (nSPS) is 16.2. The van der Waals surface area contributed by atoms with Crippen LogP contribution in [0.5, 0.6) is 0 Å². The minimum Gasteiger partial charge on any atom is -0.352 e. The predicted molar refractivity (Wildman–Crippen MR) is 68.7 cm³/mol. The fourth-order valence-corrected chi connectivity index (χ4v) is 1.83. The van der Waals surface area contributed by atoms with Gasteiger partial charge in [-0.25, -0.2) is 8.78 Å². The number of carbonyl (C=O) groups excluding carboxylic acids is 1. The van der Waals surface area contributed by atoms with E-state index in [0.29, 0.717) is 24.6 Å². The molecular weight excluding hydrogens is 250 g/mol. The van der Waals surface area contributed by atoms with Crippen LogP contribution in [0.3, 0.4) is 0 Å². The predicted octanol–water partition coefficient (Wildman–Crippen LogP) is 1.76. The van der Waals surface area contributed by atoms with E-state index in [-0.39, 0.29) is 11.9 Å². The van der Waals surface area contributed by atoms with Gasteiger partial charge in [-0.15, -0.1) is 0 Å². The first-order valence-corrected chi connectivity index (χ1v) is 6.53. The second-order valence-electron chi connectivity index (χ2n) is 4.99. The molecule has 0 saturated heterocycles. The third-order valence-electron chi connectivity index (χ3n) is 3.10. The average molecular weight is 268 g/mol. The Balaban J connectivity index is 1.74. The molecule has 1 unspecified atom stereocenters. The van der Waals surface area contributed by atoms with Gasteiger partial charge in [-0.2, -0.15) is 0 Å². The Bertz CT molecular complexity index is 441. The molecule has 0 aromatic heterocycles. The first-order chi connectivity index (χ1) is 9.04. The Morgan fingerprint density at radius 2 is 1.95 bits per heavy atom. The van der Waals surface area contributed by atoms with Gasteiger partial charge < -0.3 is 10.6 Å². The number of amides is 1. The smallest absolute Gasteiger partial charge is 0.237 e. The molecule has 1 aromatic carbocycles. The SMILES string of the molecule is CC(NCCc1cc(F)cc(F)c1)C(=O)NC1CC1. The number of nitrogens with one attached hydrogen (secondary N) is 2. The standard InChI is InChI=1S/C14H18F2N2O/c1-9(14(19)18-13-2-3-13)17-5-4-10-6-11(15)8-12(16)7-10/h6-9,13,17H,2-5H2,1H3,(H,18,19). The van der Waals surface area contributed by atoms with Crippen LogP contribution in [0.4, 0.5) is 8.78 Å². The number of halogens is 2. The molecule has 5 heteroatoms. The molecule has 0 bridgehead atoms. The molecule has 0 heterocycles. The van der Waals surface area contributed by atoms with Crippen molar-refractivity contribution in [2.24, 2.45) is 0 Å². The molecule has 3 nitrogen and oxygen atoms in total. The van der Waals surface area contributed by atoms with Gasteiger partial charge in [0.25, 0.3) is 0 Å². The van der Waals surface area contributed by atoms with E-state index in [1.165, 1.54) is 12.1 Å². The van der Waals surface area contributed by atoms with Crippen molar-refractivity contribution < 1.29 is 13.6 Å². The van der Waals surface area contributed by atoms with Gasteiger partial charge in [-0.05, 0) is 50.4 Å². The van der Waals surface area contributed by atoms with Crippen LogP contribution in [0.2, 0.25) is 0 Å². The Labute approximate surface area is 111 Å². The fraction of sp³-hybridized carbons (Fsp3) is 0.500. The van der Waals surface area contributed by atoms with Crippen LogP contribution in [0.25, 0.3) is 0 Å². The molecule has 1 aliphatic carbocycles. The number of rotatable bonds is 6. The molecule has 1 atom stereocenters. The largest absolute Gasteiger partial charge is 0.352 e. The zero-order valence-electron chi connectivity index (χ0n) is 10.9. The molecule has 1 saturated carbocycles. The van der Waals surface area contributed by atoms with Crippen LogP contribution >= 0.6 is 0 Å². The topological polar surface area (TPSA) is 41.1 Å². The third kappa shape index (κ3) is 4.59. The molecule has 0 aliphatic heterocycles. The molecule has 104 valence electrons. The number of hydrogen-bond donors (Lipinski definition) is 2. The summed E-state index contributed by atoms with van der Waals surface area (Å²) < 4.78 is 25.9. The lowest BCUT2D eigenvalue weighted by atomic mass is 10.1. The monoisotopic (exact) mass is 268 g/mol. The van der Waals surface area contributed by atoms with Crippen LogP contribution in [0.15, 0.2) is 18.2 Å². The highest BCUT2D eigenvalue weighted by molar-refractivity contribution is 5.81. The minimum absolute atomic E-state index is 0.0204. The van der Waals surface area contributed by atoms with E-state index >= 15 is 0 Å². The zero-order valence-corrected chi connectivity index (χ0v) is 10.9. The summed E-state index contributed by atoms with van der Waals surface area (Å²) in [5.41, 5.74) is 0.583. The van der Waals surface area contributed by atoms with Gasteiger partial charge in [0.2, 0.25) is 5.91 Å². The van der Waals surface area contributed by atoms with Gasteiger partial charge in [-0.1, -0.05) is 0 Å². The third-order valence-corrected chi connectivity index (χ3v) is 3.10. The summed E-state index contributed by atoms with van der Waals surface area (Å²) in [7, 11) is 0. The van der Waals surface area contributed by atoms with E-state index in [2.05, 4.69) is 10.6 Å². The van der Waals surface area contributed by atoms with Crippen molar-refractivity contribution in [2.75, 3.05) is 6.54 Å². The van der Waals surface area contributed by atoms with Crippen LogP contribution in [0.1, 0.15) is 25.3 Å². The van der Waals surface area contributed by atoms with E-state index in [4.69, 9.17) is 0 Å². The molecule has 2 rings (SSSR count). The van der Waals surface area contributed by atoms with Crippen molar-refractivity contribution in [3.63, 3.8) is 0 Å². The minimum atomic E-state index is -0.575. The Morgan fingerprint density at radius 3 is 2.53 bits per heavy atom. The van der Waals surface area contributed by atoms with E-state index in [1.54, 1.807) is 6.92 Å². The van der Waals surface area contributed by atoms with E-state index < -0.39 is 11.6 Å². The highest BCUT2D eigenvalue weighted by Gasteiger charge is 2.25. The maximum absolute atomic E-state index is 13.0. The van der Waals surface area contributed by atoms with Gasteiger partial charge in [0, 0.05) is 12.1 Å². The molecule has 1 amide bonds. The molecule has 0 radical (unpaired) electrons. The molecule has 1 fully saturated rings. The Morgan fingerprint density at radius 1 is 1.32 bits per heavy atom. The van der Waals surface area contributed by atoms with Crippen LogP contribution in [-0.4, -0.2) is 24.5 Å². The number of carbonyl (C=O) groups is 1. The van der Waals surface area contributed by atoms with Gasteiger partial charge >= 0.3 is 0 Å². The summed E-state index contributed by atoms with van der Waals surface area (Å²) in [6.45, 7) is 2.28. The molecule has 0 spiro atoms. The summed E-state index contributed by atoms with van der Waals surface area (Å²) in [6, 6.07) is 3.51. The lowest BCUT2D eigenvalue weighted by Crippen LogP contribution is -2.43. The first kappa shape index (κ1) is 13.9. The highest BCUT2D eigenvalue weighted by atomic mass is 19.1. The molecule has 1 aromatic rings. The highest BCUT2D eigenvalue weighted by Crippen LogP contribution is 2.18. The van der Waals surface area contributed by atoms with Crippen molar-refractivity contribution in [2.45, 2.75) is 38.3 Å². The number of benzene rings is 1. The van der Waals surface area contributed by atoms with E-state index in [0.717, 1.165) is 18.9 Å². The molecular formula is C14H18F2N2O. The Hall–Kier alpha value is -1.49. The van der Waals surface area contributed by atoms with Crippen LogP contribution in [0, 0.1) is 11.6 Å². The average Bonchev–Trinajstić information content (AvgIpc) is 3.11. The Kier molecular flexibility index (Phi) is 4.47. The van der Waals surface area contributed by atoms with Crippen molar-refractivity contribution >= 4 is 5.91 Å². The summed E-state index contributed by atoms with van der Waals surface area (Å²) in [5.74, 6) is -1.17. The van der Waals surface area contributed by atoms with Crippen molar-refractivity contribution in [3.8, 4) is 0 Å². The van der Waals surface area contributed by atoms with Crippen LogP contribution in [-0.2, 0) is 11.2 Å². The maximum atomic E-state index is 13.0. The fourth-order valence-electron chi connectivity index (χ4n) is 1.83. The second-order valence-corrected chi connectivity index (χ2v) is 4.99. The summed E-state index contributed by atoms with van der Waals surface area (Å²) in [6.07, 6.45) is 2.60. The second kappa shape index (κ2) is 6.10. The van der Waals surface area contributed by atoms with Gasteiger partial charge in [0.15, 0.2) is 0 Å². The van der Waals surface area contributed by atoms with Gasteiger partial charge in [0.1, 0.15) is 11.6 Å². The maximum Gasteiger partial charge on any atom is 0.237 e. The van der Waals surface area contributed by atoms with Crippen LogP contribution < -0.4 is 10.6 Å². The summed E-state index contributed by atoms with van der Waals surface area (Å²) in [4.78, 5) is 11.7. The lowest BCUT2D eigenvalue weighted by Gasteiger charge is -2.13. The first-order valence-electron chi connectivity index (χ1n) is 6.53. The number of hydrogen-bond acceptors (Lipinski definition) is 2. The van der Waals surface area contributed by atoms with Crippen molar-refractivity contribution in [3.05, 3.63) is 35.4 Å². The summed E-state index contributed by atoms with van der Waals surface area (Å²) >= 11 is 0. The molecule has 2 N–H and O–H groups in total. The van der Waals surface area contributed by atoms with Crippen molar-refractivity contribution in [1.29, 1.82) is 0 Å². The zero-order chi connectivity index (χ0) is 13.8. The quantitative estimate of drug-likeness (QED) is 0.825. The van der Waals surface area contributed by atoms with Crippen molar-refractivity contribution in [1.82, 2.24) is 10.6 Å². The summed E-state index contributed by atoms with van der Waals surface area (Å²) in [5, 5.41) is 5.95. The van der Waals surface area contributed by atoms with Gasteiger partial charge in [-0.3, -0.25) is 4.79 Å². The molecule has 19 heavy (non-hydrogen) atoms. The van der Waals surface area contributed by atoms with E-state index in [1.807, 2.05) is 0 Å².